The lowest BCUT2D eigenvalue weighted by molar-refractivity contribution is -0.117. The number of rotatable bonds is 5. The van der Waals surface area contributed by atoms with Crippen molar-refractivity contribution < 1.29 is 4.79 Å². The summed E-state index contributed by atoms with van der Waals surface area (Å²) in [5, 5.41) is 15.3. The van der Waals surface area contributed by atoms with E-state index < -0.39 is 0 Å². The number of nitrogens with one attached hydrogen (secondary N) is 2. The highest BCUT2D eigenvalue weighted by Crippen LogP contribution is 2.34. The summed E-state index contributed by atoms with van der Waals surface area (Å²) in [4.78, 5) is 12.5. The molecule has 2 N–H and O–H groups in total. The van der Waals surface area contributed by atoms with Crippen molar-refractivity contribution in [2.75, 3.05) is 5.32 Å². The summed E-state index contributed by atoms with van der Waals surface area (Å²) in [6.45, 7) is 0. The van der Waals surface area contributed by atoms with E-state index in [-0.39, 0.29) is 11.9 Å². The van der Waals surface area contributed by atoms with E-state index in [2.05, 4.69) is 33.0 Å². The van der Waals surface area contributed by atoms with Gasteiger partial charge in [0.05, 0.1) is 6.04 Å². The average Bonchev–Trinajstić information content (AvgIpc) is 3.27. The number of amides is 1. The molecule has 4 rings (SSSR count). The largest absolute Gasteiger partial charge is 0.303 e. The van der Waals surface area contributed by atoms with Gasteiger partial charge in [0, 0.05) is 11.8 Å². The van der Waals surface area contributed by atoms with Gasteiger partial charge in [-0.05, 0) is 30.7 Å². The number of hydrogen-bond acceptors (Lipinski definition) is 6. The molecule has 1 aromatic heterocycles. The van der Waals surface area contributed by atoms with E-state index in [0.717, 1.165) is 16.5 Å². The Balaban J connectivity index is 1.29. The molecule has 132 valence electrons. The van der Waals surface area contributed by atoms with Crippen molar-refractivity contribution in [1.29, 1.82) is 0 Å². The Morgan fingerprint density at radius 2 is 2.08 bits per heavy atom. The minimum Gasteiger partial charge on any atom is -0.303 e. The predicted octanol–water partition coefficient (Wildman–Crippen LogP) is 3.69. The summed E-state index contributed by atoms with van der Waals surface area (Å²) in [5.74, 6) is 1.55. The van der Waals surface area contributed by atoms with E-state index in [9.17, 15) is 4.79 Å². The molecule has 1 saturated carbocycles. The summed E-state index contributed by atoms with van der Waals surface area (Å²) in [7, 11) is 0. The van der Waals surface area contributed by atoms with Gasteiger partial charge in [-0.15, -0.1) is 10.2 Å². The Labute approximate surface area is 156 Å². The molecule has 1 aromatic carbocycles. The van der Waals surface area contributed by atoms with Crippen LogP contribution in [0.4, 0.5) is 5.13 Å². The molecule has 7 heteroatoms. The molecule has 2 aromatic rings. The number of hydrogen-bond donors (Lipinski definition) is 2. The van der Waals surface area contributed by atoms with Crippen LogP contribution in [0.25, 0.3) is 0 Å². The number of benzene rings is 1. The highest BCUT2D eigenvalue weighted by atomic mass is 32.2. The fraction of sp³-hybridized carbons (Fsp3) is 0.500. The van der Waals surface area contributed by atoms with Crippen LogP contribution in [0.5, 0.6) is 0 Å². The minimum absolute atomic E-state index is 0.0326. The summed E-state index contributed by atoms with van der Waals surface area (Å²) < 4.78 is 0.882. The van der Waals surface area contributed by atoms with Crippen molar-refractivity contribution in [2.45, 2.75) is 54.3 Å². The fourth-order valence-corrected chi connectivity index (χ4v) is 5.46. The fourth-order valence-electron chi connectivity index (χ4n) is 3.75. The van der Waals surface area contributed by atoms with E-state index in [0.29, 0.717) is 17.1 Å². The molecule has 3 unspecified atom stereocenters. The van der Waals surface area contributed by atoms with E-state index >= 15 is 0 Å². The monoisotopic (exact) mass is 374 g/mol. The van der Waals surface area contributed by atoms with Crippen molar-refractivity contribution in [3.8, 4) is 0 Å². The Kier molecular flexibility index (Phi) is 5.33. The molecular weight excluding hydrogens is 352 g/mol. The Morgan fingerprint density at radius 3 is 2.92 bits per heavy atom. The summed E-state index contributed by atoms with van der Waals surface area (Å²) >= 11 is 3.09. The molecule has 1 aliphatic carbocycles. The standard InChI is InChI=1S/C18H22N4OS2/c23-16(15-10-13-8-4-5-9-14(13)19-15)20-17-21-22-18(25-17)24-11-12-6-2-1-3-7-12/h1-3,6-7,13-15,19H,4-5,8-11H2,(H,20,21,23). The highest BCUT2D eigenvalue weighted by molar-refractivity contribution is 8.00. The molecule has 1 saturated heterocycles. The Bertz CT molecular complexity index is 707. The van der Waals surface area contributed by atoms with Crippen LogP contribution in [0.1, 0.15) is 37.7 Å². The number of carbonyl (C=O) groups excluding carboxylic acids is 1. The third kappa shape index (κ3) is 4.22. The quantitative estimate of drug-likeness (QED) is 0.617. The average molecular weight is 375 g/mol. The predicted molar refractivity (Wildman–Crippen MR) is 102 cm³/mol. The first-order valence-electron chi connectivity index (χ1n) is 8.85. The summed E-state index contributed by atoms with van der Waals surface area (Å²) in [5.41, 5.74) is 1.26. The molecule has 5 nitrogen and oxygen atoms in total. The van der Waals surface area contributed by atoms with E-state index in [1.807, 2.05) is 18.2 Å². The zero-order valence-electron chi connectivity index (χ0n) is 14.0. The number of anilines is 1. The maximum Gasteiger partial charge on any atom is 0.243 e. The van der Waals surface area contributed by atoms with Gasteiger partial charge in [-0.3, -0.25) is 10.1 Å². The van der Waals surface area contributed by atoms with Crippen molar-refractivity contribution >= 4 is 34.1 Å². The van der Waals surface area contributed by atoms with Crippen molar-refractivity contribution in [3.63, 3.8) is 0 Å². The third-order valence-corrected chi connectivity index (χ3v) is 7.06. The number of carbonyl (C=O) groups is 1. The lowest BCUT2D eigenvalue weighted by Gasteiger charge is -2.24. The van der Waals surface area contributed by atoms with Crippen LogP contribution < -0.4 is 10.6 Å². The second-order valence-electron chi connectivity index (χ2n) is 6.74. The van der Waals surface area contributed by atoms with Crippen molar-refractivity contribution in [2.24, 2.45) is 5.92 Å². The SMILES string of the molecule is O=C(Nc1nnc(SCc2ccccc2)s1)C1CC2CCCCC2N1. The molecule has 25 heavy (non-hydrogen) atoms. The van der Waals surface area contributed by atoms with Gasteiger partial charge in [0.1, 0.15) is 0 Å². The topological polar surface area (TPSA) is 66.9 Å². The number of aromatic nitrogens is 2. The van der Waals surface area contributed by atoms with Crippen LogP contribution in [-0.4, -0.2) is 28.2 Å². The van der Waals surface area contributed by atoms with Gasteiger partial charge >= 0.3 is 0 Å². The molecular formula is C18H22N4OS2. The molecule has 2 heterocycles. The zero-order valence-corrected chi connectivity index (χ0v) is 15.6. The number of fused-ring (bicyclic) bond motifs is 1. The summed E-state index contributed by atoms with van der Waals surface area (Å²) in [6.07, 6.45) is 5.98. The first-order chi connectivity index (χ1) is 12.3. The maximum absolute atomic E-state index is 12.5. The lowest BCUT2D eigenvalue weighted by Crippen LogP contribution is -2.39. The van der Waals surface area contributed by atoms with Gasteiger partial charge < -0.3 is 5.32 Å². The normalized spacial score (nSPS) is 25.5. The van der Waals surface area contributed by atoms with Gasteiger partial charge in [0.2, 0.25) is 11.0 Å². The highest BCUT2D eigenvalue weighted by Gasteiger charge is 2.38. The molecule has 3 atom stereocenters. The van der Waals surface area contributed by atoms with Gasteiger partial charge in [-0.25, -0.2) is 0 Å². The molecule has 1 amide bonds. The first-order valence-corrected chi connectivity index (χ1v) is 10.7. The molecule has 0 bridgehead atoms. The Morgan fingerprint density at radius 1 is 1.24 bits per heavy atom. The van der Waals surface area contributed by atoms with Gasteiger partial charge in [-0.2, -0.15) is 0 Å². The zero-order chi connectivity index (χ0) is 17.1. The van der Waals surface area contributed by atoms with Gasteiger partial charge in [-0.1, -0.05) is 66.3 Å². The molecule has 2 aliphatic rings. The van der Waals surface area contributed by atoms with E-state index in [1.54, 1.807) is 11.8 Å². The van der Waals surface area contributed by atoms with E-state index in [4.69, 9.17) is 0 Å². The van der Waals surface area contributed by atoms with Gasteiger partial charge in [0.15, 0.2) is 4.34 Å². The van der Waals surface area contributed by atoms with Crippen molar-refractivity contribution in [1.82, 2.24) is 15.5 Å². The molecule has 0 spiro atoms. The first kappa shape index (κ1) is 17.0. The van der Waals surface area contributed by atoms with Crippen molar-refractivity contribution in [3.05, 3.63) is 35.9 Å². The summed E-state index contributed by atoms with van der Waals surface area (Å²) in [6, 6.07) is 10.7. The smallest absolute Gasteiger partial charge is 0.243 e. The maximum atomic E-state index is 12.5. The third-order valence-electron chi connectivity index (χ3n) is 5.02. The second-order valence-corrected chi connectivity index (χ2v) is 8.94. The number of thioether (sulfide) groups is 1. The Hall–Kier alpha value is -1.44. The second kappa shape index (κ2) is 7.85. The molecule has 1 aliphatic heterocycles. The van der Waals surface area contributed by atoms with Crippen LogP contribution in [0.2, 0.25) is 0 Å². The molecule has 2 fully saturated rings. The van der Waals surface area contributed by atoms with Crippen LogP contribution in [0.3, 0.4) is 0 Å². The lowest BCUT2D eigenvalue weighted by atomic mass is 9.85. The van der Waals surface area contributed by atoms with E-state index in [1.165, 1.54) is 42.6 Å². The molecule has 0 radical (unpaired) electrons. The van der Waals surface area contributed by atoms with Crippen LogP contribution in [0.15, 0.2) is 34.7 Å². The van der Waals surface area contributed by atoms with Crippen LogP contribution in [-0.2, 0) is 10.5 Å². The minimum atomic E-state index is -0.0857. The number of nitrogens with zero attached hydrogens (tertiary/aromatic N) is 2. The van der Waals surface area contributed by atoms with Gasteiger partial charge in [0.25, 0.3) is 0 Å². The van der Waals surface area contributed by atoms with Crippen LogP contribution >= 0.6 is 23.1 Å². The van der Waals surface area contributed by atoms with Crippen LogP contribution in [0, 0.1) is 5.92 Å².